The first-order valence-corrected chi connectivity index (χ1v) is 9.95. The van der Waals surface area contributed by atoms with Crippen LogP contribution in [0.5, 0.6) is 5.75 Å². The lowest BCUT2D eigenvalue weighted by Gasteiger charge is -2.07. The van der Waals surface area contributed by atoms with Crippen molar-refractivity contribution in [2.75, 3.05) is 7.11 Å². The summed E-state index contributed by atoms with van der Waals surface area (Å²) in [4.78, 5) is 4.37. The van der Waals surface area contributed by atoms with E-state index in [1.807, 2.05) is 35.8 Å². The Morgan fingerprint density at radius 3 is 2.45 bits per heavy atom. The van der Waals surface area contributed by atoms with Gasteiger partial charge in [0.25, 0.3) is 0 Å². The van der Waals surface area contributed by atoms with Gasteiger partial charge in [0.15, 0.2) is 11.0 Å². The zero-order valence-corrected chi connectivity index (χ0v) is 16.7. The van der Waals surface area contributed by atoms with Crippen LogP contribution in [0.1, 0.15) is 12.8 Å². The van der Waals surface area contributed by atoms with Gasteiger partial charge in [-0.15, -0.1) is 10.2 Å². The summed E-state index contributed by atoms with van der Waals surface area (Å²) in [6, 6.07) is 13.7. The van der Waals surface area contributed by atoms with Gasteiger partial charge in [-0.1, -0.05) is 16.9 Å². The minimum Gasteiger partial charge on any atom is -0.497 e. The summed E-state index contributed by atoms with van der Waals surface area (Å²) in [6.07, 6.45) is 0. The average molecular weight is 411 g/mol. The fraction of sp³-hybridized carbons (Fsp3) is 0.200. The highest BCUT2D eigenvalue weighted by Crippen LogP contribution is 2.27. The molecule has 0 fully saturated rings. The number of methoxy groups -OCH3 is 1. The highest BCUT2D eigenvalue weighted by atomic mass is 32.2. The molecule has 0 bridgehead atoms. The van der Waals surface area contributed by atoms with E-state index in [9.17, 15) is 4.39 Å². The van der Waals surface area contributed by atoms with Crippen molar-refractivity contribution in [3.05, 3.63) is 60.2 Å². The van der Waals surface area contributed by atoms with Crippen molar-refractivity contribution in [1.29, 1.82) is 0 Å². The van der Waals surface area contributed by atoms with Gasteiger partial charge in [-0.05, 0) is 55.5 Å². The Morgan fingerprint density at radius 2 is 1.76 bits per heavy atom. The molecule has 148 valence electrons. The highest BCUT2D eigenvalue weighted by molar-refractivity contribution is 7.98. The summed E-state index contributed by atoms with van der Waals surface area (Å²) >= 11 is 1.47. The Morgan fingerprint density at radius 1 is 1.03 bits per heavy atom. The summed E-state index contributed by atoms with van der Waals surface area (Å²) in [5.41, 5.74) is 1.66. The Kier molecular flexibility index (Phi) is 5.57. The van der Waals surface area contributed by atoms with Gasteiger partial charge in [0.2, 0.25) is 11.7 Å². The third-order valence-electron chi connectivity index (χ3n) is 4.28. The molecule has 2 aromatic heterocycles. The Labute approximate surface area is 170 Å². The van der Waals surface area contributed by atoms with Gasteiger partial charge in [-0.2, -0.15) is 4.98 Å². The molecule has 9 heteroatoms. The maximum atomic E-state index is 13.1. The predicted octanol–water partition coefficient (Wildman–Crippen LogP) is 4.46. The fourth-order valence-corrected chi connectivity index (χ4v) is 3.63. The molecule has 0 N–H and O–H groups in total. The van der Waals surface area contributed by atoms with Crippen LogP contribution in [0.25, 0.3) is 22.8 Å². The Bertz CT molecular complexity index is 1090. The van der Waals surface area contributed by atoms with E-state index in [0.29, 0.717) is 23.0 Å². The lowest BCUT2D eigenvalue weighted by molar-refractivity contribution is 0.391. The van der Waals surface area contributed by atoms with Crippen LogP contribution < -0.4 is 4.74 Å². The number of aromatic nitrogens is 5. The van der Waals surface area contributed by atoms with Crippen LogP contribution in [0.15, 0.2) is 58.2 Å². The monoisotopic (exact) mass is 411 g/mol. The molecule has 0 aliphatic rings. The first-order chi connectivity index (χ1) is 14.2. The molecule has 2 aromatic carbocycles. The summed E-state index contributed by atoms with van der Waals surface area (Å²) in [6.45, 7) is 2.77. The number of hydrogen-bond donors (Lipinski definition) is 0. The molecule has 2 heterocycles. The van der Waals surface area contributed by atoms with Crippen LogP contribution >= 0.6 is 11.8 Å². The van der Waals surface area contributed by atoms with Crippen molar-refractivity contribution < 1.29 is 13.7 Å². The molecule has 0 aliphatic heterocycles. The summed E-state index contributed by atoms with van der Waals surface area (Å²) in [5, 5.41) is 13.4. The molecular formula is C20H18FN5O2S. The summed E-state index contributed by atoms with van der Waals surface area (Å²) < 4.78 is 25.6. The largest absolute Gasteiger partial charge is 0.497 e. The third kappa shape index (κ3) is 4.14. The van der Waals surface area contributed by atoms with Crippen LogP contribution in [-0.2, 0) is 12.3 Å². The molecule has 0 unspecified atom stereocenters. The molecule has 29 heavy (non-hydrogen) atoms. The van der Waals surface area contributed by atoms with E-state index in [-0.39, 0.29) is 5.82 Å². The first-order valence-electron chi connectivity index (χ1n) is 8.97. The minimum absolute atomic E-state index is 0.306. The van der Waals surface area contributed by atoms with E-state index < -0.39 is 0 Å². The smallest absolute Gasteiger partial charge is 0.237 e. The minimum atomic E-state index is -0.306. The third-order valence-corrected chi connectivity index (χ3v) is 5.23. The van der Waals surface area contributed by atoms with Crippen LogP contribution in [0, 0.1) is 5.82 Å². The molecule has 0 aliphatic carbocycles. The maximum Gasteiger partial charge on any atom is 0.237 e. The lowest BCUT2D eigenvalue weighted by atomic mass is 10.2. The van der Waals surface area contributed by atoms with Gasteiger partial charge in [-0.25, -0.2) is 4.39 Å². The molecule has 4 aromatic rings. The van der Waals surface area contributed by atoms with E-state index in [1.165, 1.54) is 23.9 Å². The maximum absolute atomic E-state index is 13.1. The van der Waals surface area contributed by atoms with Crippen LogP contribution in [0.2, 0.25) is 0 Å². The van der Waals surface area contributed by atoms with Crippen LogP contribution in [-0.4, -0.2) is 32.0 Å². The zero-order valence-electron chi connectivity index (χ0n) is 15.9. The molecule has 7 nitrogen and oxygen atoms in total. The number of ether oxygens (including phenoxy) is 1. The van der Waals surface area contributed by atoms with Gasteiger partial charge in [0, 0.05) is 17.7 Å². The molecule has 0 radical (unpaired) electrons. The van der Waals surface area contributed by atoms with Crippen molar-refractivity contribution in [2.45, 2.75) is 24.4 Å². The number of thioether (sulfide) groups is 1. The first kappa shape index (κ1) is 19.1. The van der Waals surface area contributed by atoms with Gasteiger partial charge in [0.05, 0.1) is 12.9 Å². The number of hydrogen-bond acceptors (Lipinski definition) is 7. The molecule has 0 saturated carbocycles. The van der Waals surface area contributed by atoms with Crippen molar-refractivity contribution >= 4 is 11.8 Å². The molecular weight excluding hydrogens is 393 g/mol. The fourth-order valence-electron chi connectivity index (χ4n) is 2.79. The Hall–Kier alpha value is -3.20. The van der Waals surface area contributed by atoms with Crippen LogP contribution in [0.4, 0.5) is 4.39 Å². The highest BCUT2D eigenvalue weighted by Gasteiger charge is 2.15. The molecule has 4 rings (SSSR count). The lowest BCUT2D eigenvalue weighted by Crippen LogP contribution is -2.00. The van der Waals surface area contributed by atoms with Crippen molar-refractivity contribution in [1.82, 2.24) is 24.9 Å². The normalized spacial score (nSPS) is 11.0. The number of benzene rings is 2. The number of halogens is 1. The predicted molar refractivity (Wildman–Crippen MR) is 107 cm³/mol. The second kappa shape index (κ2) is 8.44. The van der Waals surface area contributed by atoms with Crippen molar-refractivity contribution in [3.8, 4) is 28.5 Å². The van der Waals surface area contributed by atoms with E-state index >= 15 is 0 Å². The second-order valence-electron chi connectivity index (χ2n) is 6.09. The Balaban J connectivity index is 1.49. The topological polar surface area (TPSA) is 78.9 Å². The average Bonchev–Trinajstić information content (AvgIpc) is 3.39. The van der Waals surface area contributed by atoms with Gasteiger partial charge in [-0.3, -0.25) is 0 Å². The van der Waals surface area contributed by atoms with E-state index in [2.05, 4.69) is 20.3 Å². The number of rotatable bonds is 7. The van der Waals surface area contributed by atoms with E-state index in [4.69, 9.17) is 9.26 Å². The molecule has 0 saturated heterocycles. The van der Waals surface area contributed by atoms with Crippen molar-refractivity contribution in [3.63, 3.8) is 0 Å². The standard InChI is InChI=1S/C20H18FN5O2S/c1-3-26-19(14-6-10-16(27-2)11-7-14)23-24-20(26)29-12-17-22-18(25-28-17)13-4-8-15(21)9-5-13/h4-11H,3,12H2,1-2H3. The van der Waals surface area contributed by atoms with Gasteiger partial charge >= 0.3 is 0 Å². The SMILES string of the molecule is CCn1c(SCc2nc(-c3ccc(F)cc3)no2)nnc1-c1ccc(OC)cc1. The number of nitrogens with zero attached hydrogens (tertiary/aromatic N) is 5. The zero-order chi connectivity index (χ0) is 20.2. The van der Waals surface area contributed by atoms with Gasteiger partial charge < -0.3 is 13.8 Å². The summed E-state index contributed by atoms with van der Waals surface area (Å²) in [7, 11) is 1.64. The second-order valence-corrected chi connectivity index (χ2v) is 7.03. The van der Waals surface area contributed by atoms with E-state index in [0.717, 1.165) is 28.8 Å². The molecule has 0 spiro atoms. The summed E-state index contributed by atoms with van der Waals surface area (Å²) in [5.74, 6) is 2.62. The molecule has 0 atom stereocenters. The molecule has 0 amide bonds. The van der Waals surface area contributed by atoms with Crippen molar-refractivity contribution in [2.24, 2.45) is 0 Å². The van der Waals surface area contributed by atoms with Gasteiger partial charge in [0.1, 0.15) is 11.6 Å². The van der Waals surface area contributed by atoms with Crippen LogP contribution in [0.3, 0.4) is 0 Å². The quantitative estimate of drug-likeness (QED) is 0.416. The van der Waals surface area contributed by atoms with E-state index in [1.54, 1.807) is 19.2 Å².